The first-order chi connectivity index (χ1) is 28.6. The van der Waals surface area contributed by atoms with E-state index in [1.807, 2.05) is 4.67 Å². The van der Waals surface area contributed by atoms with Crippen molar-refractivity contribution in [2.75, 3.05) is 19.7 Å². The SMILES string of the molecule is CCCCCCCCCCCCCCCCCCCCCCCCN(CCCCCCCCCCCCCCCCCCCCCCCC)P(=O)(O)OCCCCC. The molecular weight excluding hydrogens is 730 g/mol. The lowest BCUT2D eigenvalue weighted by atomic mass is 10.0. The van der Waals surface area contributed by atoms with Crippen molar-refractivity contribution in [2.24, 2.45) is 0 Å². The van der Waals surface area contributed by atoms with Crippen LogP contribution in [-0.2, 0) is 9.09 Å². The van der Waals surface area contributed by atoms with Gasteiger partial charge in [-0.05, 0) is 19.3 Å². The van der Waals surface area contributed by atoms with Gasteiger partial charge in [-0.25, -0.2) is 9.24 Å². The van der Waals surface area contributed by atoms with Crippen LogP contribution >= 0.6 is 7.75 Å². The van der Waals surface area contributed by atoms with Crippen molar-refractivity contribution in [3.63, 3.8) is 0 Å². The molecular formula is C53H110NO3P. The number of unbranched alkanes of at least 4 members (excludes halogenated alkanes) is 44. The molecule has 0 aliphatic heterocycles. The fourth-order valence-corrected chi connectivity index (χ4v) is 10.1. The van der Waals surface area contributed by atoms with Crippen molar-refractivity contribution >= 4 is 7.75 Å². The summed E-state index contributed by atoms with van der Waals surface area (Å²) < 4.78 is 20.7. The Balaban J connectivity index is 3.79. The van der Waals surface area contributed by atoms with Crippen LogP contribution in [0.5, 0.6) is 0 Å². The second-order valence-corrected chi connectivity index (χ2v) is 20.6. The maximum Gasteiger partial charge on any atom is 0.405 e. The number of hydrogen-bond acceptors (Lipinski definition) is 2. The summed E-state index contributed by atoms with van der Waals surface area (Å²) >= 11 is 0. The van der Waals surface area contributed by atoms with Gasteiger partial charge in [0.05, 0.1) is 6.61 Å². The van der Waals surface area contributed by atoms with Crippen LogP contribution in [0.2, 0.25) is 0 Å². The summed E-state index contributed by atoms with van der Waals surface area (Å²) in [6, 6.07) is 0. The molecule has 0 bridgehead atoms. The standard InChI is InChI=1S/C53H110NO3P/c1-4-7-10-12-14-16-18-20-22-24-26-28-30-32-34-36-38-40-42-44-46-48-51-54(58(55,56)57-53-50-9-6-3)52-49-47-45-43-41-39-37-35-33-31-29-27-25-23-21-19-17-15-13-11-8-5-2/h4-53H2,1-3H3,(H,55,56). The Morgan fingerprint density at radius 1 is 0.293 bits per heavy atom. The largest absolute Gasteiger partial charge is 0.405 e. The fraction of sp³-hybridized carbons (Fsp3) is 1.00. The van der Waals surface area contributed by atoms with Gasteiger partial charge in [-0.2, -0.15) is 0 Å². The highest BCUT2D eigenvalue weighted by molar-refractivity contribution is 7.50. The van der Waals surface area contributed by atoms with Crippen LogP contribution in [-0.4, -0.2) is 29.3 Å². The minimum Gasteiger partial charge on any atom is -0.312 e. The first kappa shape index (κ1) is 58.1. The summed E-state index contributed by atoms with van der Waals surface area (Å²) in [6.45, 7) is 8.55. The van der Waals surface area contributed by atoms with Crippen molar-refractivity contribution in [3.8, 4) is 0 Å². The lowest BCUT2D eigenvalue weighted by molar-refractivity contribution is 0.194. The molecule has 0 aliphatic rings. The van der Waals surface area contributed by atoms with Gasteiger partial charge in [0.2, 0.25) is 0 Å². The van der Waals surface area contributed by atoms with E-state index in [0.29, 0.717) is 19.7 Å². The van der Waals surface area contributed by atoms with Crippen LogP contribution < -0.4 is 0 Å². The Morgan fingerprint density at radius 2 is 0.466 bits per heavy atom. The highest BCUT2D eigenvalue weighted by atomic mass is 31.2. The topological polar surface area (TPSA) is 49.8 Å². The van der Waals surface area contributed by atoms with E-state index in [4.69, 9.17) is 4.52 Å². The molecule has 0 spiro atoms. The Hall–Kier alpha value is 0.110. The van der Waals surface area contributed by atoms with Crippen LogP contribution in [0.1, 0.15) is 323 Å². The maximum absolute atomic E-state index is 13.2. The third kappa shape index (κ3) is 45.6. The van der Waals surface area contributed by atoms with E-state index in [1.54, 1.807) is 0 Å². The van der Waals surface area contributed by atoms with E-state index in [9.17, 15) is 9.46 Å². The highest BCUT2D eigenvalue weighted by Crippen LogP contribution is 2.47. The molecule has 1 N–H and O–H groups in total. The van der Waals surface area contributed by atoms with Gasteiger partial charge in [0.25, 0.3) is 0 Å². The molecule has 0 aromatic rings. The van der Waals surface area contributed by atoms with Crippen molar-refractivity contribution in [1.29, 1.82) is 0 Å². The van der Waals surface area contributed by atoms with Crippen LogP contribution in [0.25, 0.3) is 0 Å². The van der Waals surface area contributed by atoms with E-state index >= 15 is 0 Å². The zero-order valence-electron chi connectivity index (χ0n) is 40.5. The van der Waals surface area contributed by atoms with Crippen LogP contribution in [0.15, 0.2) is 0 Å². The molecule has 4 nitrogen and oxygen atoms in total. The second-order valence-electron chi connectivity index (χ2n) is 18.8. The Bertz CT molecular complexity index is 745. The Kier molecular flexibility index (Phi) is 49.9. The van der Waals surface area contributed by atoms with Gasteiger partial charge in [0.15, 0.2) is 0 Å². The number of rotatable bonds is 52. The minimum absolute atomic E-state index is 0.400. The van der Waals surface area contributed by atoms with Gasteiger partial charge < -0.3 is 4.89 Å². The third-order valence-corrected chi connectivity index (χ3v) is 14.5. The Morgan fingerprint density at radius 3 is 0.672 bits per heavy atom. The monoisotopic (exact) mass is 840 g/mol. The highest BCUT2D eigenvalue weighted by Gasteiger charge is 2.28. The van der Waals surface area contributed by atoms with E-state index < -0.39 is 7.75 Å². The van der Waals surface area contributed by atoms with Gasteiger partial charge in [-0.3, -0.25) is 4.52 Å². The molecule has 350 valence electrons. The number of nitrogens with zero attached hydrogens (tertiary/aromatic N) is 1. The molecule has 1 unspecified atom stereocenters. The molecule has 1 atom stereocenters. The molecule has 5 heteroatoms. The van der Waals surface area contributed by atoms with Crippen molar-refractivity contribution in [2.45, 2.75) is 323 Å². The lowest BCUT2D eigenvalue weighted by Gasteiger charge is -2.26. The maximum atomic E-state index is 13.2. The molecule has 0 aliphatic carbocycles. The quantitative estimate of drug-likeness (QED) is 0.0490. The number of hydrogen-bond donors (Lipinski definition) is 1. The van der Waals surface area contributed by atoms with Gasteiger partial charge in [-0.15, -0.1) is 0 Å². The molecule has 0 rings (SSSR count). The third-order valence-electron chi connectivity index (χ3n) is 12.9. The average Bonchev–Trinajstić information content (AvgIpc) is 3.22. The first-order valence-corrected chi connectivity index (χ1v) is 28.8. The summed E-state index contributed by atoms with van der Waals surface area (Å²) in [5.74, 6) is 0. The van der Waals surface area contributed by atoms with Gasteiger partial charge in [0, 0.05) is 13.1 Å². The summed E-state index contributed by atoms with van der Waals surface area (Å²) in [6.07, 6.45) is 63.9. The Labute approximate surface area is 367 Å². The van der Waals surface area contributed by atoms with E-state index in [-0.39, 0.29) is 0 Å². The predicted octanol–water partition coefficient (Wildman–Crippen LogP) is 19.8. The normalized spacial score (nSPS) is 12.9. The zero-order chi connectivity index (χ0) is 42.1. The molecule has 0 aromatic heterocycles. The summed E-state index contributed by atoms with van der Waals surface area (Å²) in [5.41, 5.74) is 0. The second kappa shape index (κ2) is 49.8. The molecule has 0 heterocycles. The smallest absolute Gasteiger partial charge is 0.312 e. The molecule has 0 saturated carbocycles. The van der Waals surface area contributed by atoms with Crippen LogP contribution in [0.3, 0.4) is 0 Å². The molecule has 0 radical (unpaired) electrons. The molecule has 0 aromatic carbocycles. The van der Waals surface area contributed by atoms with Gasteiger partial charge in [0.1, 0.15) is 0 Å². The van der Waals surface area contributed by atoms with E-state index in [2.05, 4.69) is 20.8 Å². The van der Waals surface area contributed by atoms with Gasteiger partial charge >= 0.3 is 7.75 Å². The zero-order valence-corrected chi connectivity index (χ0v) is 41.4. The molecule has 58 heavy (non-hydrogen) atoms. The molecule has 0 amide bonds. The predicted molar refractivity (Wildman–Crippen MR) is 261 cm³/mol. The van der Waals surface area contributed by atoms with Gasteiger partial charge in [-0.1, -0.05) is 303 Å². The molecule has 0 fully saturated rings. The fourth-order valence-electron chi connectivity index (χ4n) is 8.79. The van der Waals surface area contributed by atoms with Crippen molar-refractivity contribution in [3.05, 3.63) is 0 Å². The summed E-state index contributed by atoms with van der Waals surface area (Å²) in [5, 5.41) is 0. The average molecular weight is 840 g/mol. The van der Waals surface area contributed by atoms with Crippen molar-refractivity contribution in [1.82, 2.24) is 4.67 Å². The van der Waals surface area contributed by atoms with E-state index in [0.717, 1.165) is 44.9 Å². The first-order valence-electron chi connectivity index (χ1n) is 27.3. The summed E-state index contributed by atoms with van der Waals surface area (Å²) in [4.78, 5) is 10.9. The molecule has 0 saturated heterocycles. The minimum atomic E-state index is -3.70. The summed E-state index contributed by atoms with van der Waals surface area (Å²) in [7, 11) is -3.70. The van der Waals surface area contributed by atoms with Crippen LogP contribution in [0.4, 0.5) is 0 Å². The lowest BCUT2D eigenvalue weighted by Crippen LogP contribution is -2.24. The van der Waals surface area contributed by atoms with Crippen LogP contribution in [0, 0.1) is 0 Å². The van der Waals surface area contributed by atoms with E-state index in [1.165, 1.54) is 257 Å². The van der Waals surface area contributed by atoms with Crippen molar-refractivity contribution < 1.29 is 14.0 Å².